The van der Waals surface area contributed by atoms with Crippen LogP contribution in [0.25, 0.3) is 6.08 Å². The molecule has 2 heterocycles. The molecule has 152 valence electrons. The standard InChI is InChI=1S/C14H19N3.2C2H6B.2C2H6/c1-2-13-15-12-8-6-7-11(12)14(16-13)17-9-4-3-5-10-17;2*1-3-2;2*1-2/h6,8H,2-5,7,9-10H2,1H3;2*1-2H3;2*1-2H3. The maximum absolute atomic E-state index is 4.76. The molecule has 1 aromatic rings. The Balaban J connectivity index is 0. The molecule has 5 heteroatoms. The highest BCUT2D eigenvalue weighted by atomic mass is 15.2. The Labute approximate surface area is 171 Å². The van der Waals surface area contributed by atoms with Gasteiger partial charge in [0.15, 0.2) is 0 Å². The molecule has 1 aliphatic carbocycles. The van der Waals surface area contributed by atoms with Crippen molar-refractivity contribution in [3.05, 3.63) is 23.2 Å². The van der Waals surface area contributed by atoms with E-state index in [0.717, 1.165) is 37.4 Å². The van der Waals surface area contributed by atoms with Crippen LogP contribution in [-0.4, -0.2) is 37.6 Å². The van der Waals surface area contributed by atoms with Crippen molar-refractivity contribution in [1.29, 1.82) is 0 Å². The number of nitrogens with zero attached hydrogens (tertiary/aromatic N) is 3. The van der Waals surface area contributed by atoms with Crippen LogP contribution in [0.5, 0.6) is 0 Å². The number of aryl methyl sites for hydroxylation is 1. The number of hydrogen-bond acceptors (Lipinski definition) is 3. The van der Waals surface area contributed by atoms with Crippen LogP contribution in [0.15, 0.2) is 6.08 Å². The lowest BCUT2D eigenvalue weighted by Gasteiger charge is -2.29. The molecule has 0 bridgehead atoms. The number of allylic oxidation sites excluding steroid dienone is 1. The third kappa shape index (κ3) is 10.6. The van der Waals surface area contributed by atoms with E-state index in [-0.39, 0.29) is 0 Å². The van der Waals surface area contributed by atoms with E-state index < -0.39 is 0 Å². The predicted molar refractivity (Wildman–Crippen MR) is 128 cm³/mol. The molecule has 0 atom stereocenters. The molecule has 0 unspecified atom stereocenters. The summed E-state index contributed by atoms with van der Waals surface area (Å²) < 4.78 is 0. The van der Waals surface area contributed by atoms with Gasteiger partial charge in [0.1, 0.15) is 26.2 Å². The molecule has 1 aliphatic heterocycles. The van der Waals surface area contributed by atoms with Crippen molar-refractivity contribution in [3.8, 4) is 0 Å². The fourth-order valence-electron chi connectivity index (χ4n) is 2.68. The van der Waals surface area contributed by atoms with Crippen molar-refractivity contribution in [3.63, 3.8) is 0 Å². The number of anilines is 1. The van der Waals surface area contributed by atoms with Gasteiger partial charge < -0.3 is 4.90 Å². The van der Waals surface area contributed by atoms with Crippen molar-refractivity contribution in [2.75, 3.05) is 18.0 Å². The van der Waals surface area contributed by atoms with Crippen LogP contribution in [0.2, 0.25) is 27.3 Å². The van der Waals surface area contributed by atoms with Crippen LogP contribution in [-0.2, 0) is 12.8 Å². The molecule has 0 N–H and O–H groups in total. The van der Waals surface area contributed by atoms with Gasteiger partial charge in [-0.1, -0.05) is 68.0 Å². The van der Waals surface area contributed by atoms with Gasteiger partial charge in [0, 0.05) is 25.1 Å². The average Bonchev–Trinajstić information content (AvgIpc) is 3.21. The third-order valence-electron chi connectivity index (χ3n) is 3.63. The summed E-state index contributed by atoms with van der Waals surface area (Å²) in [4.78, 5) is 11.8. The first kappa shape index (κ1) is 28.0. The first-order valence-electron chi connectivity index (χ1n) is 11.0. The molecule has 0 amide bonds. The molecule has 0 saturated carbocycles. The van der Waals surface area contributed by atoms with Gasteiger partial charge in [-0.25, -0.2) is 9.97 Å². The monoisotopic (exact) mass is 371 g/mol. The van der Waals surface area contributed by atoms with Crippen LogP contribution >= 0.6 is 0 Å². The van der Waals surface area contributed by atoms with Crippen molar-refractivity contribution in [2.24, 2.45) is 0 Å². The zero-order chi connectivity index (χ0) is 21.1. The fraction of sp³-hybridized carbons (Fsp3) is 0.727. The number of aromatic nitrogens is 2. The molecular weight excluding hydrogens is 328 g/mol. The summed E-state index contributed by atoms with van der Waals surface area (Å²) in [7, 11) is 4.00. The number of rotatable bonds is 2. The van der Waals surface area contributed by atoms with Gasteiger partial charge in [-0.15, -0.1) is 0 Å². The highest BCUT2D eigenvalue weighted by Crippen LogP contribution is 2.29. The third-order valence-corrected chi connectivity index (χ3v) is 3.63. The van der Waals surface area contributed by atoms with Gasteiger partial charge in [0.25, 0.3) is 0 Å². The molecule has 27 heavy (non-hydrogen) atoms. The van der Waals surface area contributed by atoms with Crippen LogP contribution in [0, 0.1) is 0 Å². The van der Waals surface area contributed by atoms with Gasteiger partial charge >= 0.3 is 0 Å². The van der Waals surface area contributed by atoms with Gasteiger partial charge in [0.05, 0.1) is 5.69 Å². The lowest BCUT2D eigenvalue weighted by molar-refractivity contribution is 0.570. The average molecular weight is 371 g/mol. The van der Waals surface area contributed by atoms with Crippen LogP contribution in [0.1, 0.15) is 71.0 Å². The molecule has 2 radical (unpaired) electrons. The molecule has 1 aromatic heterocycles. The van der Waals surface area contributed by atoms with E-state index in [9.17, 15) is 0 Å². The summed E-state index contributed by atoms with van der Waals surface area (Å²) in [6, 6.07) is 0. The zero-order valence-corrected chi connectivity index (χ0v) is 19.6. The minimum absolute atomic E-state index is 0.919. The smallest absolute Gasteiger partial charge is 0.136 e. The second-order valence-corrected chi connectivity index (χ2v) is 5.99. The first-order chi connectivity index (χ1) is 13.2. The minimum atomic E-state index is 0.919. The quantitative estimate of drug-likeness (QED) is 0.578. The molecule has 0 aromatic carbocycles. The van der Waals surface area contributed by atoms with Gasteiger partial charge in [-0.3, -0.25) is 0 Å². The first-order valence-corrected chi connectivity index (χ1v) is 11.0. The van der Waals surface area contributed by atoms with E-state index in [1.54, 1.807) is 0 Å². The second-order valence-electron chi connectivity index (χ2n) is 5.99. The maximum Gasteiger partial charge on any atom is 0.136 e. The Bertz CT molecular complexity index is 483. The Morgan fingerprint density at radius 1 is 0.889 bits per heavy atom. The Morgan fingerprint density at radius 3 is 1.89 bits per heavy atom. The number of piperidine rings is 1. The van der Waals surface area contributed by atoms with Crippen molar-refractivity contribution in [1.82, 2.24) is 9.97 Å². The summed E-state index contributed by atoms with van der Waals surface area (Å²) in [5, 5.41) is 0. The summed E-state index contributed by atoms with van der Waals surface area (Å²) in [5.41, 5.74) is 2.49. The Hall–Kier alpha value is -1.25. The summed E-state index contributed by atoms with van der Waals surface area (Å²) in [6.45, 7) is 20.4. The molecule has 1 fully saturated rings. The van der Waals surface area contributed by atoms with E-state index in [1.807, 2.05) is 69.5 Å². The van der Waals surface area contributed by atoms with Crippen molar-refractivity contribution >= 4 is 26.5 Å². The SMILES string of the molecule is CC.CC.CCc1nc2c(c(N3CCCCC3)n1)CC=C2.C[B]C.C[B]C. The normalized spacial score (nSPS) is 13.1. The topological polar surface area (TPSA) is 29.0 Å². The summed E-state index contributed by atoms with van der Waals surface area (Å²) >= 11 is 0. The molecule has 0 spiro atoms. The largest absolute Gasteiger partial charge is 0.356 e. The second kappa shape index (κ2) is 19.5. The van der Waals surface area contributed by atoms with E-state index in [4.69, 9.17) is 4.98 Å². The molecule has 2 aliphatic rings. The van der Waals surface area contributed by atoms with Crippen LogP contribution in [0.3, 0.4) is 0 Å². The van der Waals surface area contributed by atoms with Crippen molar-refractivity contribution < 1.29 is 0 Å². The predicted octanol–water partition coefficient (Wildman–Crippen LogP) is 6.22. The maximum atomic E-state index is 4.76. The van der Waals surface area contributed by atoms with Crippen molar-refractivity contribution in [2.45, 2.75) is 94.0 Å². The van der Waals surface area contributed by atoms with E-state index >= 15 is 0 Å². The lowest BCUT2D eigenvalue weighted by atomic mass is 9.88. The Morgan fingerprint density at radius 2 is 1.41 bits per heavy atom. The minimum Gasteiger partial charge on any atom is -0.356 e. The molecule has 1 saturated heterocycles. The molecule has 3 rings (SSSR count). The van der Waals surface area contributed by atoms with Gasteiger partial charge in [-0.2, -0.15) is 0 Å². The fourth-order valence-corrected chi connectivity index (χ4v) is 2.68. The highest BCUT2D eigenvalue weighted by molar-refractivity contribution is 6.31. The number of fused-ring (bicyclic) bond motifs is 1. The van der Waals surface area contributed by atoms with E-state index in [2.05, 4.69) is 29.0 Å². The van der Waals surface area contributed by atoms with Crippen LogP contribution < -0.4 is 4.90 Å². The van der Waals surface area contributed by atoms with E-state index in [1.165, 1.54) is 30.6 Å². The molecular formula is C22H43B2N3. The Kier molecular flexibility index (Phi) is 20.2. The molecule has 3 nitrogen and oxygen atoms in total. The van der Waals surface area contributed by atoms with Crippen LogP contribution in [0.4, 0.5) is 5.82 Å². The zero-order valence-electron chi connectivity index (χ0n) is 19.6. The lowest BCUT2D eigenvalue weighted by Crippen LogP contribution is -2.31. The summed E-state index contributed by atoms with van der Waals surface area (Å²) in [6.07, 6.45) is 10.2. The summed E-state index contributed by atoms with van der Waals surface area (Å²) in [5.74, 6) is 2.19. The highest BCUT2D eigenvalue weighted by Gasteiger charge is 2.21. The van der Waals surface area contributed by atoms with E-state index in [0.29, 0.717) is 0 Å². The van der Waals surface area contributed by atoms with Gasteiger partial charge in [-0.05, 0) is 31.8 Å². The van der Waals surface area contributed by atoms with Gasteiger partial charge in [0.2, 0.25) is 0 Å². The number of hydrogen-bond donors (Lipinski definition) is 0.